The average Bonchev–Trinajstić information content (AvgIpc) is 2.90. The predicted octanol–water partition coefficient (Wildman–Crippen LogP) is 3.14. The van der Waals surface area contributed by atoms with Gasteiger partial charge in [-0.25, -0.2) is 8.78 Å². The molecule has 3 rings (SSSR count). The quantitative estimate of drug-likeness (QED) is 0.947. The zero-order valence-corrected chi connectivity index (χ0v) is 12.4. The summed E-state index contributed by atoms with van der Waals surface area (Å²) in [6.07, 6.45) is -0.0320. The second kappa shape index (κ2) is 6.45. The molecule has 5 heteroatoms. The first kappa shape index (κ1) is 15.6. The van der Waals surface area contributed by atoms with Crippen molar-refractivity contribution in [3.05, 3.63) is 70.8 Å². The number of β-amino-alcohol motifs (C(OH)–C–C–N with tert-alkyl or cyclic N) is 1. The summed E-state index contributed by atoms with van der Waals surface area (Å²) >= 11 is 0. The number of hydrogen-bond donors (Lipinski definition) is 1. The third kappa shape index (κ3) is 3.39. The molecule has 0 saturated carbocycles. The first-order valence-corrected chi connectivity index (χ1v) is 7.43. The minimum absolute atomic E-state index is 0.175. The van der Waals surface area contributed by atoms with E-state index >= 15 is 0 Å². The molecule has 0 aromatic heterocycles. The molecule has 0 amide bonds. The number of rotatable bonds is 3. The molecular formula is C18H16F2N2O. The van der Waals surface area contributed by atoms with Crippen molar-refractivity contribution < 1.29 is 13.9 Å². The number of nitrogens with zero attached hydrogens (tertiary/aromatic N) is 2. The van der Waals surface area contributed by atoms with Crippen LogP contribution in [0.15, 0.2) is 42.5 Å². The Balaban J connectivity index is 1.84. The molecule has 0 radical (unpaired) electrons. The Morgan fingerprint density at radius 1 is 1.17 bits per heavy atom. The summed E-state index contributed by atoms with van der Waals surface area (Å²) in [6, 6.07) is 13.0. The molecule has 0 aliphatic carbocycles. The molecule has 1 fully saturated rings. The number of aliphatic hydroxyl groups excluding tert-OH is 1. The molecule has 0 unspecified atom stereocenters. The zero-order chi connectivity index (χ0) is 16.4. The van der Waals surface area contributed by atoms with Crippen LogP contribution in [0.25, 0.3) is 0 Å². The zero-order valence-electron chi connectivity index (χ0n) is 12.4. The summed E-state index contributed by atoms with van der Waals surface area (Å²) in [6.45, 7) is 0.997. The molecule has 2 atom stereocenters. The number of halogens is 2. The summed E-state index contributed by atoms with van der Waals surface area (Å²) in [5.41, 5.74) is 2.18. The van der Waals surface area contributed by atoms with Crippen LogP contribution in [-0.2, 0) is 6.54 Å². The Morgan fingerprint density at radius 2 is 2.00 bits per heavy atom. The maximum absolute atomic E-state index is 13.5. The van der Waals surface area contributed by atoms with Gasteiger partial charge in [-0.1, -0.05) is 18.2 Å². The van der Waals surface area contributed by atoms with Gasteiger partial charge < -0.3 is 5.11 Å². The number of hydrogen-bond acceptors (Lipinski definition) is 3. The number of aliphatic hydroxyl groups is 1. The Bertz CT molecular complexity index is 757. The van der Waals surface area contributed by atoms with Gasteiger partial charge in [-0.3, -0.25) is 4.90 Å². The van der Waals surface area contributed by atoms with Crippen LogP contribution in [0.5, 0.6) is 0 Å². The van der Waals surface area contributed by atoms with Crippen LogP contribution < -0.4 is 0 Å². The summed E-state index contributed by atoms with van der Waals surface area (Å²) in [4.78, 5) is 2.02. The Kier molecular flexibility index (Phi) is 4.37. The van der Waals surface area contributed by atoms with E-state index < -0.39 is 17.7 Å². The van der Waals surface area contributed by atoms with Gasteiger partial charge in [0.1, 0.15) is 0 Å². The van der Waals surface area contributed by atoms with E-state index in [4.69, 9.17) is 5.26 Å². The number of likely N-dealkylation sites (tertiary alicyclic amines) is 1. The van der Waals surface area contributed by atoms with Crippen molar-refractivity contribution >= 4 is 0 Å². The van der Waals surface area contributed by atoms with Gasteiger partial charge in [-0.2, -0.15) is 5.26 Å². The molecular weight excluding hydrogens is 298 g/mol. The highest BCUT2D eigenvalue weighted by Crippen LogP contribution is 2.34. The molecule has 118 valence electrons. The van der Waals surface area contributed by atoms with Gasteiger partial charge in [0.05, 0.1) is 17.7 Å². The predicted molar refractivity (Wildman–Crippen MR) is 81.3 cm³/mol. The molecule has 2 aromatic rings. The van der Waals surface area contributed by atoms with Crippen LogP contribution in [0, 0.1) is 23.0 Å². The molecule has 1 N–H and O–H groups in total. The number of nitriles is 1. The lowest BCUT2D eigenvalue weighted by atomic mass is 10.0. The molecule has 2 aromatic carbocycles. The van der Waals surface area contributed by atoms with Crippen LogP contribution in [-0.4, -0.2) is 22.7 Å². The van der Waals surface area contributed by atoms with Crippen LogP contribution in [0.4, 0.5) is 8.78 Å². The molecule has 0 bridgehead atoms. The van der Waals surface area contributed by atoms with E-state index in [0.717, 1.165) is 11.6 Å². The van der Waals surface area contributed by atoms with Gasteiger partial charge in [0, 0.05) is 19.1 Å². The van der Waals surface area contributed by atoms with E-state index in [1.54, 1.807) is 18.2 Å². The van der Waals surface area contributed by atoms with Crippen molar-refractivity contribution in [3.8, 4) is 6.07 Å². The second-order valence-electron chi connectivity index (χ2n) is 5.82. The molecule has 23 heavy (non-hydrogen) atoms. The lowest BCUT2D eigenvalue weighted by Gasteiger charge is -2.24. The maximum atomic E-state index is 13.5. The topological polar surface area (TPSA) is 47.3 Å². The van der Waals surface area contributed by atoms with E-state index in [9.17, 15) is 13.9 Å². The van der Waals surface area contributed by atoms with E-state index in [1.807, 2.05) is 17.0 Å². The third-order valence-electron chi connectivity index (χ3n) is 4.15. The summed E-state index contributed by atoms with van der Waals surface area (Å²) < 4.78 is 26.6. The molecule has 1 aliphatic rings. The second-order valence-corrected chi connectivity index (χ2v) is 5.82. The van der Waals surface area contributed by atoms with Gasteiger partial charge in [-0.15, -0.1) is 0 Å². The monoisotopic (exact) mass is 314 g/mol. The van der Waals surface area contributed by atoms with E-state index in [-0.39, 0.29) is 6.04 Å². The molecule has 1 aliphatic heterocycles. The van der Waals surface area contributed by atoms with Crippen molar-refractivity contribution in [2.45, 2.75) is 25.1 Å². The van der Waals surface area contributed by atoms with Crippen molar-refractivity contribution in [2.75, 3.05) is 6.54 Å². The minimum Gasteiger partial charge on any atom is -0.392 e. The van der Waals surface area contributed by atoms with E-state index in [0.29, 0.717) is 30.6 Å². The highest BCUT2D eigenvalue weighted by molar-refractivity contribution is 5.33. The van der Waals surface area contributed by atoms with Crippen LogP contribution in [0.2, 0.25) is 0 Å². The fourth-order valence-electron chi connectivity index (χ4n) is 3.09. The van der Waals surface area contributed by atoms with Crippen LogP contribution in [0.1, 0.15) is 29.2 Å². The Morgan fingerprint density at radius 3 is 2.74 bits per heavy atom. The molecule has 3 nitrogen and oxygen atoms in total. The summed E-state index contributed by atoms with van der Waals surface area (Å²) in [5.74, 6) is -1.75. The third-order valence-corrected chi connectivity index (χ3v) is 4.15. The fraction of sp³-hybridized carbons (Fsp3) is 0.278. The maximum Gasteiger partial charge on any atom is 0.159 e. The largest absolute Gasteiger partial charge is 0.392 e. The van der Waals surface area contributed by atoms with E-state index in [2.05, 4.69) is 6.07 Å². The summed E-state index contributed by atoms with van der Waals surface area (Å²) in [7, 11) is 0. The average molecular weight is 314 g/mol. The lowest BCUT2D eigenvalue weighted by molar-refractivity contribution is 0.172. The SMILES string of the molecule is N#Cc1cccc(CN2C[C@@H](O)C[C@H]2c2ccc(F)c(F)c2)c1. The first-order chi connectivity index (χ1) is 11.1. The van der Waals surface area contributed by atoms with Crippen molar-refractivity contribution in [3.63, 3.8) is 0 Å². The number of benzene rings is 2. The van der Waals surface area contributed by atoms with Gasteiger partial charge in [-0.05, 0) is 41.8 Å². The highest BCUT2D eigenvalue weighted by Gasteiger charge is 2.32. The van der Waals surface area contributed by atoms with Crippen molar-refractivity contribution in [1.29, 1.82) is 5.26 Å². The van der Waals surface area contributed by atoms with Crippen LogP contribution in [0.3, 0.4) is 0 Å². The van der Waals surface area contributed by atoms with Gasteiger partial charge >= 0.3 is 0 Å². The standard InChI is InChI=1S/C18H16F2N2O/c19-16-5-4-14(7-17(16)20)18-8-15(23)11-22(18)10-13-3-1-2-12(6-13)9-21/h1-7,15,18,23H,8,10-11H2/t15-,18-/m0/s1. The van der Waals surface area contributed by atoms with Gasteiger partial charge in [0.2, 0.25) is 0 Å². The van der Waals surface area contributed by atoms with E-state index in [1.165, 1.54) is 6.07 Å². The van der Waals surface area contributed by atoms with Gasteiger partial charge in [0.15, 0.2) is 11.6 Å². The first-order valence-electron chi connectivity index (χ1n) is 7.43. The summed E-state index contributed by atoms with van der Waals surface area (Å²) in [5, 5.41) is 18.9. The fourth-order valence-corrected chi connectivity index (χ4v) is 3.09. The highest BCUT2D eigenvalue weighted by atomic mass is 19.2. The normalized spacial score (nSPS) is 21.3. The molecule has 0 spiro atoms. The van der Waals surface area contributed by atoms with Crippen LogP contribution >= 0.6 is 0 Å². The van der Waals surface area contributed by atoms with Gasteiger partial charge in [0.25, 0.3) is 0 Å². The minimum atomic E-state index is -0.879. The Hall–Kier alpha value is -2.29. The smallest absolute Gasteiger partial charge is 0.159 e. The van der Waals surface area contributed by atoms with Crippen molar-refractivity contribution in [1.82, 2.24) is 4.90 Å². The lowest BCUT2D eigenvalue weighted by Crippen LogP contribution is -2.24. The Labute approximate surface area is 133 Å². The van der Waals surface area contributed by atoms with Crippen molar-refractivity contribution in [2.24, 2.45) is 0 Å². The molecule has 1 heterocycles. The molecule has 1 saturated heterocycles.